The van der Waals surface area contributed by atoms with Crippen LogP contribution in [0.2, 0.25) is 0 Å². The fourth-order valence-electron chi connectivity index (χ4n) is 1.72. The SMILES string of the molecule is COCC(C)CNC(=O)CC(N)c1ccccc1.Cl. The molecular weight excluding hydrogens is 264 g/mol. The van der Waals surface area contributed by atoms with Gasteiger partial charge in [0.1, 0.15) is 0 Å². The van der Waals surface area contributed by atoms with Gasteiger partial charge in [-0.1, -0.05) is 37.3 Å². The van der Waals surface area contributed by atoms with Crippen LogP contribution in [0.1, 0.15) is 24.9 Å². The topological polar surface area (TPSA) is 64.3 Å². The second-order valence-electron chi connectivity index (χ2n) is 4.59. The molecule has 2 atom stereocenters. The minimum atomic E-state index is -0.246. The van der Waals surface area contributed by atoms with Gasteiger partial charge in [-0.15, -0.1) is 12.4 Å². The Bertz CT molecular complexity index is 360. The van der Waals surface area contributed by atoms with Crippen molar-refractivity contribution in [1.29, 1.82) is 0 Å². The minimum Gasteiger partial charge on any atom is -0.384 e. The summed E-state index contributed by atoms with van der Waals surface area (Å²) in [6.07, 6.45) is 0.309. The van der Waals surface area contributed by atoms with Gasteiger partial charge in [0.25, 0.3) is 0 Å². The molecule has 1 amide bonds. The van der Waals surface area contributed by atoms with Crippen molar-refractivity contribution >= 4 is 18.3 Å². The molecule has 0 saturated carbocycles. The van der Waals surface area contributed by atoms with Crippen LogP contribution in [-0.4, -0.2) is 26.2 Å². The summed E-state index contributed by atoms with van der Waals surface area (Å²) in [4.78, 5) is 11.7. The van der Waals surface area contributed by atoms with Gasteiger partial charge in [0.2, 0.25) is 5.91 Å². The second-order valence-corrected chi connectivity index (χ2v) is 4.59. The zero-order valence-electron chi connectivity index (χ0n) is 11.5. The summed E-state index contributed by atoms with van der Waals surface area (Å²) in [5, 5.41) is 2.87. The first-order valence-electron chi connectivity index (χ1n) is 6.19. The van der Waals surface area contributed by atoms with Crippen LogP contribution in [0, 0.1) is 5.92 Å². The van der Waals surface area contributed by atoms with Gasteiger partial charge < -0.3 is 15.8 Å². The molecule has 1 rings (SSSR count). The van der Waals surface area contributed by atoms with E-state index in [1.807, 2.05) is 37.3 Å². The zero-order valence-corrected chi connectivity index (χ0v) is 12.3. The van der Waals surface area contributed by atoms with Crippen molar-refractivity contribution in [2.24, 2.45) is 11.7 Å². The minimum absolute atomic E-state index is 0. The first-order chi connectivity index (χ1) is 8.63. The highest BCUT2D eigenvalue weighted by Crippen LogP contribution is 2.12. The molecule has 0 fully saturated rings. The first kappa shape index (κ1) is 17.9. The van der Waals surface area contributed by atoms with Crippen LogP contribution in [0.5, 0.6) is 0 Å². The molecule has 4 nitrogen and oxygen atoms in total. The average Bonchev–Trinajstić information content (AvgIpc) is 2.38. The molecular formula is C14H23ClN2O2. The summed E-state index contributed by atoms with van der Waals surface area (Å²) in [7, 11) is 1.66. The molecule has 0 radical (unpaired) electrons. The second kappa shape index (κ2) is 9.78. The Labute approximate surface area is 121 Å². The monoisotopic (exact) mass is 286 g/mol. The molecule has 0 saturated heterocycles. The van der Waals surface area contributed by atoms with Crippen molar-refractivity contribution in [1.82, 2.24) is 5.32 Å². The van der Waals surface area contributed by atoms with Crippen LogP contribution in [-0.2, 0) is 9.53 Å². The van der Waals surface area contributed by atoms with E-state index in [-0.39, 0.29) is 24.4 Å². The summed E-state index contributed by atoms with van der Waals surface area (Å²) >= 11 is 0. The van der Waals surface area contributed by atoms with Crippen molar-refractivity contribution in [3.63, 3.8) is 0 Å². The third-order valence-electron chi connectivity index (χ3n) is 2.73. The van der Waals surface area contributed by atoms with Crippen molar-refractivity contribution in [3.8, 4) is 0 Å². The van der Waals surface area contributed by atoms with Gasteiger partial charge in [-0.3, -0.25) is 4.79 Å². The van der Waals surface area contributed by atoms with Crippen molar-refractivity contribution < 1.29 is 9.53 Å². The molecule has 3 N–H and O–H groups in total. The molecule has 0 aliphatic rings. The van der Waals surface area contributed by atoms with Crippen LogP contribution in [0.3, 0.4) is 0 Å². The van der Waals surface area contributed by atoms with E-state index in [2.05, 4.69) is 5.32 Å². The lowest BCUT2D eigenvalue weighted by Crippen LogP contribution is -2.32. The number of nitrogens with one attached hydrogen (secondary N) is 1. The van der Waals surface area contributed by atoms with Crippen molar-refractivity contribution in [2.75, 3.05) is 20.3 Å². The van der Waals surface area contributed by atoms with Crippen LogP contribution < -0.4 is 11.1 Å². The Balaban J connectivity index is 0.00000324. The third-order valence-corrected chi connectivity index (χ3v) is 2.73. The number of benzene rings is 1. The first-order valence-corrected chi connectivity index (χ1v) is 6.19. The van der Waals surface area contributed by atoms with Crippen molar-refractivity contribution in [2.45, 2.75) is 19.4 Å². The highest BCUT2D eigenvalue weighted by Gasteiger charge is 2.11. The summed E-state index contributed by atoms with van der Waals surface area (Å²) in [5.74, 6) is 0.293. The molecule has 2 unspecified atom stereocenters. The van der Waals surface area contributed by atoms with E-state index >= 15 is 0 Å². The Kier molecular flexibility index (Phi) is 9.21. The number of halogens is 1. The van der Waals surface area contributed by atoms with Gasteiger partial charge in [0, 0.05) is 26.1 Å². The molecule has 19 heavy (non-hydrogen) atoms. The number of carbonyl (C=O) groups excluding carboxylic acids is 1. The van der Waals surface area contributed by atoms with Gasteiger partial charge in [-0.2, -0.15) is 0 Å². The average molecular weight is 287 g/mol. The van der Waals surface area contributed by atoms with E-state index in [9.17, 15) is 4.79 Å². The number of hydrogen-bond acceptors (Lipinski definition) is 3. The number of amides is 1. The summed E-state index contributed by atoms with van der Waals surface area (Å²) in [6.45, 7) is 3.29. The Hall–Kier alpha value is -1.10. The maximum Gasteiger partial charge on any atom is 0.221 e. The number of hydrogen-bond donors (Lipinski definition) is 2. The van der Waals surface area contributed by atoms with Gasteiger partial charge in [-0.25, -0.2) is 0 Å². The van der Waals surface area contributed by atoms with E-state index in [0.29, 0.717) is 25.5 Å². The highest BCUT2D eigenvalue weighted by atomic mass is 35.5. The molecule has 108 valence electrons. The maximum atomic E-state index is 11.7. The van der Waals surface area contributed by atoms with E-state index in [1.54, 1.807) is 7.11 Å². The van der Waals surface area contributed by atoms with Crippen LogP contribution in [0.25, 0.3) is 0 Å². The van der Waals surface area contributed by atoms with E-state index < -0.39 is 0 Å². The predicted molar refractivity (Wildman–Crippen MR) is 79.3 cm³/mol. The van der Waals surface area contributed by atoms with E-state index in [1.165, 1.54) is 0 Å². The standard InChI is InChI=1S/C14H22N2O2.ClH/c1-11(10-18-2)9-16-14(17)8-13(15)12-6-4-3-5-7-12;/h3-7,11,13H,8-10,15H2,1-2H3,(H,16,17);1H. The smallest absolute Gasteiger partial charge is 0.221 e. The molecule has 0 heterocycles. The Morgan fingerprint density at radius 3 is 2.58 bits per heavy atom. The maximum absolute atomic E-state index is 11.7. The lowest BCUT2D eigenvalue weighted by atomic mass is 10.0. The third kappa shape index (κ3) is 7.15. The fraction of sp³-hybridized carbons (Fsp3) is 0.500. The molecule has 0 bridgehead atoms. The fourth-order valence-corrected chi connectivity index (χ4v) is 1.72. The number of methoxy groups -OCH3 is 1. The Morgan fingerprint density at radius 2 is 2.00 bits per heavy atom. The lowest BCUT2D eigenvalue weighted by Gasteiger charge is -2.14. The largest absolute Gasteiger partial charge is 0.384 e. The number of carbonyl (C=O) groups is 1. The van der Waals surface area contributed by atoms with Gasteiger partial charge >= 0.3 is 0 Å². The van der Waals surface area contributed by atoms with Gasteiger partial charge in [0.05, 0.1) is 6.61 Å². The molecule has 0 aliphatic heterocycles. The number of rotatable bonds is 7. The molecule has 5 heteroatoms. The molecule has 1 aromatic rings. The number of nitrogens with two attached hydrogens (primary N) is 1. The highest BCUT2D eigenvalue weighted by molar-refractivity contribution is 5.85. The van der Waals surface area contributed by atoms with Crippen LogP contribution in [0.15, 0.2) is 30.3 Å². The van der Waals surface area contributed by atoms with Crippen LogP contribution in [0.4, 0.5) is 0 Å². The summed E-state index contributed by atoms with van der Waals surface area (Å²) < 4.78 is 5.01. The predicted octanol–water partition coefficient (Wildman–Crippen LogP) is 1.90. The molecule has 0 aliphatic carbocycles. The molecule has 0 spiro atoms. The molecule has 1 aromatic carbocycles. The van der Waals surface area contributed by atoms with Crippen LogP contribution >= 0.6 is 12.4 Å². The lowest BCUT2D eigenvalue weighted by molar-refractivity contribution is -0.121. The van der Waals surface area contributed by atoms with Crippen molar-refractivity contribution in [3.05, 3.63) is 35.9 Å². The van der Waals surface area contributed by atoms with E-state index in [4.69, 9.17) is 10.5 Å². The van der Waals surface area contributed by atoms with E-state index in [0.717, 1.165) is 5.56 Å². The van der Waals surface area contributed by atoms with Gasteiger partial charge in [-0.05, 0) is 11.5 Å². The Morgan fingerprint density at radius 1 is 1.37 bits per heavy atom. The quantitative estimate of drug-likeness (QED) is 0.805. The molecule has 0 aromatic heterocycles. The normalized spacial score (nSPS) is 13.2. The van der Waals surface area contributed by atoms with Gasteiger partial charge in [0.15, 0.2) is 0 Å². The zero-order chi connectivity index (χ0) is 13.4. The number of ether oxygens (including phenoxy) is 1. The summed E-state index contributed by atoms with van der Waals surface area (Å²) in [6, 6.07) is 9.41. The summed E-state index contributed by atoms with van der Waals surface area (Å²) in [5.41, 5.74) is 6.96.